The highest BCUT2D eigenvalue weighted by Crippen LogP contribution is 2.35. The fourth-order valence-corrected chi connectivity index (χ4v) is 3.76. The molecule has 2 aliphatic rings. The van der Waals surface area contributed by atoms with E-state index in [9.17, 15) is 5.11 Å². The van der Waals surface area contributed by atoms with Crippen LogP contribution in [0.25, 0.3) is 0 Å². The van der Waals surface area contributed by atoms with E-state index in [1.165, 1.54) is 43.2 Å². The highest BCUT2D eigenvalue weighted by molar-refractivity contribution is 5.33. The highest BCUT2D eigenvalue weighted by Gasteiger charge is 2.32. The number of hydrogen-bond acceptors (Lipinski definition) is 2. The first-order chi connectivity index (χ1) is 9.31. The van der Waals surface area contributed by atoms with E-state index in [0.29, 0.717) is 12.6 Å². The molecule has 0 amide bonds. The molecule has 0 aliphatic heterocycles. The predicted molar refractivity (Wildman–Crippen MR) is 78.2 cm³/mol. The van der Waals surface area contributed by atoms with E-state index in [1.807, 2.05) is 0 Å². The van der Waals surface area contributed by atoms with Gasteiger partial charge in [-0.3, -0.25) is 0 Å². The van der Waals surface area contributed by atoms with Crippen LogP contribution in [0.5, 0.6) is 0 Å². The average molecular weight is 259 g/mol. The molecular weight excluding hydrogens is 234 g/mol. The van der Waals surface area contributed by atoms with Crippen LogP contribution in [0.15, 0.2) is 24.3 Å². The lowest BCUT2D eigenvalue weighted by molar-refractivity contribution is 0.0786. The molecule has 3 rings (SSSR count). The molecule has 0 unspecified atom stereocenters. The Hall–Kier alpha value is -0.860. The van der Waals surface area contributed by atoms with E-state index in [2.05, 4.69) is 29.6 Å². The van der Waals surface area contributed by atoms with E-state index in [0.717, 1.165) is 19.4 Å². The fourth-order valence-electron chi connectivity index (χ4n) is 3.76. The average Bonchev–Trinajstić information content (AvgIpc) is 2.89. The Kier molecular flexibility index (Phi) is 3.90. The van der Waals surface area contributed by atoms with Crippen LogP contribution in [-0.4, -0.2) is 24.3 Å². The van der Waals surface area contributed by atoms with Crippen LogP contribution in [0, 0.1) is 5.41 Å². The Balaban J connectivity index is 1.56. The van der Waals surface area contributed by atoms with E-state index in [-0.39, 0.29) is 5.41 Å². The Morgan fingerprint density at radius 2 is 1.68 bits per heavy atom. The molecule has 0 heterocycles. The summed E-state index contributed by atoms with van der Waals surface area (Å²) < 4.78 is 0. The number of rotatable bonds is 4. The number of hydrogen-bond donors (Lipinski definition) is 2. The summed E-state index contributed by atoms with van der Waals surface area (Å²) in [5, 5.41) is 13.5. The molecule has 1 aromatic rings. The lowest BCUT2D eigenvalue weighted by Crippen LogP contribution is -2.43. The van der Waals surface area contributed by atoms with Crippen LogP contribution >= 0.6 is 0 Å². The molecule has 2 N–H and O–H groups in total. The molecule has 0 atom stereocenters. The predicted octanol–water partition coefficient (Wildman–Crippen LogP) is 2.69. The minimum Gasteiger partial charge on any atom is -0.396 e. The summed E-state index contributed by atoms with van der Waals surface area (Å²) in [5.74, 6) is 0. The van der Waals surface area contributed by atoms with Crippen molar-refractivity contribution >= 4 is 0 Å². The van der Waals surface area contributed by atoms with Crippen LogP contribution in [0.4, 0.5) is 0 Å². The number of aliphatic hydroxyl groups is 1. The monoisotopic (exact) mass is 259 g/mol. The zero-order chi connectivity index (χ0) is 13.1. The van der Waals surface area contributed by atoms with E-state index in [4.69, 9.17) is 0 Å². The second-order valence-electron chi connectivity index (χ2n) is 6.47. The molecule has 0 radical (unpaired) electrons. The third kappa shape index (κ3) is 2.85. The van der Waals surface area contributed by atoms with Gasteiger partial charge >= 0.3 is 0 Å². The van der Waals surface area contributed by atoms with Gasteiger partial charge in [0.25, 0.3) is 0 Å². The van der Waals surface area contributed by atoms with Gasteiger partial charge in [0.05, 0.1) is 0 Å². The number of nitrogens with one attached hydrogen (secondary N) is 1. The van der Waals surface area contributed by atoms with E-state index < -0.39 is 0 Å². The van der Waals surface area contributed by atoms with Crippen LogP contribution in [0.3, 0.4) is 0 Å². The van der Waals surface area contributed by atoms with Crippen molar-refractivity contribution in [1.82, 2.24) is 5.32 Å². The number of benzene rings is 1. The van der Waals surface area contributed by atoms with E-state index in [1.54, 1.807) is 0 Å². The molecule has 1 saturated carbocycles. The van der Waals surface area contributed by atoms with Gasteiger partial charge in [0.15, 0.2) is 0 Å². The molecule has 19 heavy (non-hydrogen) atoms. The van der Waals surface area contributed by atoms with Gasteiger partial charge in [-0.25, -0.2) is 0 Å². The zero-order valence-electron chi connectivity index (χ0n) is 11.7. The van der Waals surface area contributed by atoms with Crippen molar-refractivity contribution in [1.29, 1.82) is 0 Å². The summed E-state index contributed by atoms with van der Waals surface area (Å²) in [6, 6.07) is 9.34. The third-order valence-corrected chi connectivity index (χ3v) is 5.07. The van der Waals surface area contributed by atoms with Crippen LogP contribution in [0.2, 0.25) is 0 Å². The lowest BCUT2D eigenvalue weighted by Gasteiger charge is -2.36. The van der Waals surface area contributed by atoms with Gasteiger partial charge in [-0.1, -0.05) is 43.5 Å². The molecule has 2 nitrogen and oxygen atoms in total. The normalized spacial score (nSPS) is 22.4. The van der Waals surface area contributed by atoms with Gasteiger partial charge in [-0.05, 0) is 36.8 Å². The molecule has 1 aromatic carbocycles. The summed E-state index contributed by atoms with van der Waals surface area (Å²) in [5.41, 5.74) is 3.16. The maximum Gasteiger partial charge on any atom is 0.0499 e. The molecule has 104 valence electrons. The Labute approximate surface area is 116 Å². The van der Waals surface area contributed by atoms with E-state index >= 15 is 0 Å². The molecule has 1 fully saturated rings. The van der Waals surface area contributed by atoms with Crippen molar-refractivity contribution in [3.63, 3.8) is 0 Å². The number of fused-ring (bicyclic) bond motifs is 1. The minimum absolute atomic E-state index is 0.160. The van der Waals surface area contributed by atoms with Crippen molar-refractivity contribution in [2.45, 2.75) is 51.0 Å². The smallest absolute Gasteiger partial charge is 0.0499 e. The second kappa shape index (κ2) is 5.64. The minimum atomic E-state index is 0.160. The van der Waals surface area contributed by atoms with Crippen molar-refractivity contribution in [3.05, 3.63) is 35.4 Å². The number of aliphatic hydroxyl groups excluding tert-OH is 1. The second-order valence-corrected chi connectivity index (χ2v) is 6.47. The summed E-state index contributed by atoms with van der Waals surface area (Å²) in [7, 11) is 0. The Morgan fingerprint density at radius 1 is 1.05 bits per heavy atom. The van der Waals surface area contributed by atoms with Crippen LogP contribution in [-0.2, 0) is 12.8 Å². The van der Waals surface area contributed by atoms with Gasteiger partial charge in [-0.2, -0.15) is 0 Å². The molecule has 0 spiro atoms. The van der Waals surface area contributed by atoms with Gasteiger partial charge in [0.1, 0.15) is 0 Å². The Morgan fingerprint density at radius 3 is 2.26 bits per heavy atom. The van der Waals surface area contributed by atoms with Crippen molar-refractivity contribution in [3.8, 4) is 0 Å². The summed E-state index contributed by atoms with van der Waals surface area (Å²) in [4.78, 5) is 0. The SMILES string of the molecule is OCC1(CNC2Cc3ccccc3C2)CCCCC1. The van der Waals surface area contributed by atoms with Crippen molar-refractivity contribution in [2.75, 3.05) is 13.2 Å². The summed E-state index contributed by atoms with van der Waals surface area (Å²) >= 11 is 0. The third-order valence-electron chi connectivity index (χ3n) is 5.07. The maximum atomic E-state index is 9.75. The van der Waals surface area contributed by atoms with Gasteiger partial charge in [-0.15, -0.1) is 0 Å². The Bertz CT molecular complexity index is 398. The topological polar surface area (TPSA) is 32.3 Å². The quantitative estimate of drug-likeness (QED) is 0.871. The van der Waals surface area contributed by atoms with Crippen LogP contribution in [0.1, 0.15) is 43.2 Å². The first-order valence-corrected chi connectivity index (χ1v) is 7.72. The van der Waals surface area contributed by atoms with Gasteiger partial charge in [0.2, 0.25) is 0 Å². The van der Waals surface area contributed by atoms with Crippen LogP contribution < -0.4 is 5.32 Å². The lowest BCUT2D eigenvalue weighted by atomic mass is 9.74. The molecule has 0 bridgehead atoms. The fraction of sp³-hybridized carbons (Fsp3) is 0.647. The maximum absolute atomic E-state index is 9.75. The van der Waals surface area contributed by atoms with Crippen molar-refractivity contribution < 1.29 is 5.11 Å². The molecule has 2 aliphatic carbocycles. The molecule has 2 heteroatoms. The van der Waals surface area contributed by atoms with Crippen molar-refractivity contribution in [2.24, 2.45) is 5.41 Å². The first-order valence-electron chi connectivity index (χ1n) is 7.72. The molecule has 0 aromatic heterocycles. The standard InChI is InChI=1S/C17H25NO/c19-13-17(8-4-1-5-9-17)12-18-16-10-14-6-2-3-7-15(14)11-16/h2-3,6-7,16,18-19H,1,4-5,8-13H2. The summed E-state index contributed by atoms with van der Waals surface area (Å²) in [6.45, 7) is 1.34. The molecular formula is C17H25NO. The first kappa shape index (κ1) is 13.1. The zero-order valence-corrected chi connectivity index (χ0v) is 11.7. The largest absolute Gasteiger partial charge is 0.396 e. The highest BCUT2D eigenvalue weighted by atomic mass is 16.3. The molecule has 0 saturated heterocycles. The van der Waals surface area contributed by atoms with Gasteiger partial charge < -0.3 is 10.4 Å². The summed E-state index contributed by atoms with van der Waals surface area (Å²) in [6.07, 6.45) is 8.60. The van der Waals surface area contributed by atoms with Gasteiger partial charge in [0, 0.05) is 24.6 Å².